The SMILES string of the molecule is CC(C)C[C@H](N)C(=O)O.CCCCCC(O)O. The third-order valence-electron chi connectivity index (χ3n) is 2.11. The summed E-state index contributed by atoms with van der Waals surface area (Å²) in [6.07, 6.45) is 3.13. The fourth-order valence-electron chi connectivity index (χ4n) is 1.19. The Morgan fingerprint density at radius 3 is 2.00 bits per heavy atom. The van der Waals surface area contributed by atoms with E-state index in [0.29, 0.717) is 18.8 Å². The molecule has 0 saturated heterocycles. The number of carboxylic acids is 1. The van der Waals surface area contributed by atoms with E-state index in [-0.39, 0.29) is 0 Å². The van der Waals surface area contributed by atoms with Crippen molar-refractivity contribution < 1.29 is 20.1 Å². The van der Waals surface area contributed by atoms with Gasteiger partial charge in [-0.05, 0) is 25.2 Å². The molecule has 0 aromatic heterocycles. The summed E-state index contributed by atoms with van der Waals surface area (Å²) in [7, 11) is 0. The maximum absolute atomic E-state index is 10.1. The molecule has 104 valence electrons. The van der Waals surface area contributed by atoms with Gasteiger partial charge in [0.1, 0.15) is 6.04 Å². The standard InChI is InChI=1S/C6H13NO2.C6H14O2/c1-4(2)3-5(7)6(8)9;1-2-3-4-5-6(7)8/h4-5H,3,7H2,1-2H3,(H,8,9);6-8H,2-5H2,1H3/t5-;/m0./s1. The minimum absolute atomic E-state index is 0.357. The van der Waals surface area contributed by atoms with E-state index in [9.17, 15) is 4.79 Å². The lowest BCUT2D eigenvalue weighted by Gasteiger charge is -2.07. The van der Waals surface area contributed by atoms with Gasteiger partial charge in [0.05, 0.1) is 0 Å². The highest BCUT2D eigenvalue weighted by atomic mass is 16.5. The van der Waals surface area contributed by atoms with Crippen LogP contribution in [-0.4, -0.2) is 33.6 Å². The number of unbranched alkanes of at least 4 members (excludes halogenated alkanes) is 2. The van der Waals surface area contributed by atoms with Crippen LogP contribution in [0.3, 0.4) is 0 Å². The lowest BCUT2D eigenvalue weighted by Crippen LogP contribution is -2.31. The lowest BCUT2D eigenvalue weighted by molar-refractivity contribution is -0.138. The normalized spacial score (nSPS) is 12.2. The number of carboxylic acid groups (broad SMARTS) is 1. The first-order valence-electron chi connectivity index (χ1n) is 6.15. The van der Waals surface area contributed by atoms with Crippen LogP contribution in [0.2, 0.25) is 0 Å². The van der Waals surface area contributed by atoms with Gasteiger partial charge in [-0.3, -0.25) is 4.79 Å². The van der Waals surface area contributed by atoms with Crippen molar-refractivity contribution in [2.45, 2.75) is 65.2 Å². The average Bonchev–Trinajstić information content (AvgIpc) is 2.17. The number of aliphatic carboxylic acids is 1. The molecule has 1 atom stereocenters. The molecular weight excluding hydrogens is 222 g/mol. The van der Waals surface area contributed by atoms with Crippen molar-refractivity contribution >= 4 is 5.97 Å². The molecule has 0 aromatic rings. The number of hydrogen-bond acceptors (Lipinski definition) is 4. The second-order valence-corrected chi connectivity index (χ2v) is 4.55. The highest BCUT2D eigenvalue weighted by Crippen LogP contribution is 2.01. The Bertz CT molecular complexity index is 183. The van der Waals surface area contributed by atoms with Gasteiger partial charge in [0, 0.05) is 0 Å². The summed E-state index contributed by atoms with van der Waals surface area (Å²) in [4.78, 5) is 10.1. The molecular formula is C12H27NO4. The molecule has 0 heterocycles. The Balaban J connectivity index is 0. The van der Waals surface area contributed by atoms with Gasteiger partial charge in [-0.1, -0.05) is 33.6 Å². The zero-order valence-electron chi connectivity index (χ0n) is 11.1. The first-order chi connectivity index (χ1) is 7.81. The van der Waals surface area contributed by atoms with Gasteiger partial charge >= 0.3 is 5.97 Å². The predicted octanol–water partition coefficient (Wildman–Crippen LogP) is 1.32. The summed E-state index contributed by atoms with van der Waals surface area (Å²) in [5.41, 5.74) is 5.22. The molecule has 0 bridgehead atoms. The van der Waals surface area contributed by atoms with Crippen LogP contribution in [0.1, 0.15) is 52.9 Å². The van der Waals surface area contributed by atoms with Gasteiger partial charge in [-0.15, -0.1) is 0 Å². The second-order valence-electron chi connectivity index (χ2n) is 4.55. The fraction of sp³-hybridized carbons (Fsp3) is 0.917. The van der Waals surface area contributed by atoms with Crippen molar-refractivity contribution in [1.82, 2.24) is 0 Å². The van der Waals surface area contributed by atoms with Crippen LogP contribution in [0.25, 0.3) is 0 Å². The van der Waals surface area contributed by atoms with Crippen LogP contribution in [0.15, 0.2) is 0 Å². The highest BCUT2D eigenvalue weighted by molar-refractivity contribution is 5.72. The number of hydrogen-bond donors (Lipinski definition) is 4. The van der Waals surface area contributed by atoms with Gasteiger partial charge in [-0.25, -0.2) is 0 Å². The summed E-state index contributed by atoms with van der Waals surface area (Å²) in [6, 6.07) is -0.690. The third-order valence-corrected chi connectivity index (χ3v) is 2.11. The molecule has 5 N–H and O–H groups in total. The van der Waals surface area contributed by atoms with Gasteiger partial charge in [0.2, 0.25) is 0 Å². The van der Waals surface area contributed by atoms with Crippen molar-refractivity contribution in [3.63, 3.8) is 0 Å². The molecule has 0 unspecified atom stereocenters. The Morgan fingerprint density at radius 2 is 1.76 bits per heavy atom. The van der Waals surface area contributed by atoms with Crippen molar-refractivity contribution in [3.05, 3.63) is 0 Å². The highest BCUT2D eigenvalue weighted by Gasteiger charge is 2.11. The van der Waals surface area contributed by atoms with Gasteiger partial charge in [0.25, 0.3) is 0 Å². The topological polar surface area (TPSA) is 104 Å². The molecule has 0 amide bonds. The molecule has 0 radical (unpaired) electrons. The monoisotopic (exact) mass is 249 g/mol. The van der Waals surface area contributed by atoms with E-state index >= 15 is 0 Å². The van der Waals surface area contributed by atoms with E-state index in [1.165, 1.54) is 0 Å². The van der Waals surface area contributed by atoms with E-state index in [4.69, 9.17) is 21.1 Å². The summed E-state index contributed by atoms with van der Waals surface area (Å²) in [5.74, 6) is -0.556. The first kappa shape index (κ1) is 18.7. The molecule has 0 saturated carbocycles. The number of aliphatic hydroxyl groups excluding tert-OH is 1. The Kier molecular flexibility index (Phi) is 13.0. The van der Waals surface area contributed by atoms with Crippen LogP contribution in [0.4, 0.5) is 0 Å². The molecule has 5 heteroatoms. The molecule has 0 aliphatic rings. The first-order valence-corrected chi connectivity index (χ1v) is 6.15. The number of carbonyl (C=O) groups is 1. The van der Waals surface area contributed by atoms with Crippen molar-refractivity contribution in [1.29, 1.82) is 0 Å². The Labute approximate surface area is 104 Å². The fourth-order valence-corrected chi connectivity index (χ4v) is 1.19. The van der Waals surface area contributed by atoms with Crippen LogP contribution < -0.4 is 5.73 Å². The zero-order chi connectivity index (χ0) is 13.8. The lowest BCUT2D eigenvalue weighted by atomic mass is 10.1. The molecule has 17 heavy (non-hydrogen) atoms. The van der Waals surface area contributed by atoms with Crippen LogP contribution >= 0.6 is 0 Å². The minimum atomic E-state index is -1.10. The van der Waals surface area contributed by atoms with E-state index in [1.807, 2.05) is 13.8 Å². The molecule has 0 aliphatic heterocycles. The quantitative estimate of drug-likeness (QED) is 0.402. The van der Waals surface area contributed by atoms with E-state index < -0.39 is 18.3 Å². The maximum atomic E-state index is 10.1. The Hall–Kier alpha value is -0.650. The van der Waals surface area contributed by atoms with Gasteiger partial charge < -0.3 is 21.1 Å². The molecule has 0 fully saturated rings. The number of nitrogens with two attached hydrogens (primary N) is 1. The average molecular weight is 249 g/mol. The smallest absolute Gasteiger partial charge is 0.320 e. The van der Waals surface area contributed by atoms with Crippen LogP contribution in [0, 0.1) is 5.92 Å². The number of rotatable bonds is 7. The van der Waals surface area contributed by atoms with Crippen molar-refractivity contribution in [2.75, 3.05) is 0 Å². The van der Waals surface area contributed by atoms with E-state index in [2.05, 4.69) is 6.92 Å². The molecule has 0 rings (SSSR count). The summed E-state index contributed by atoms with van der Waals surface area (Å²) in [5, 5.41) is 25.0. The van der Waals surface area contributed by atoms with Crippen LogP contribution in [-0.2, 0) is 4.79 Å². The van der Waals surface area contributed by atoms with E-state index in [1.54, 1.807) is 0 Å². The Morgan fingerprint density at radius 1 is 1.24 bits per heavy atom. The zero-order valence-corrected chi connectivity index (χ0v) is 11.1. The largest absolute Gasteiger partial charge is 0.480 e. The van der Waals surface area contributed by atoms with Crippen molar-refractivity contribution in [2.24, 2.45) is 11.7 Å². The number of aliphatic hydroxyl groups is 2. The second kappa shape index (κ2) is 11.8. The summed E-state index contributed by atoms with van der Waals surface area (Å²) < 4.78 is 0. The van der Waals surface area contributed by atoms with Crippen LogP contribution in [0.5, 0.6) is 0 Å². The molecule has 0 spiro atoms. The third kappa shape index (κ3) is 17.9. The summed E-state index contributed by atoms with van der Waals surface area (Å²) >= 11 is 0. The predicted molar refractivity (Wildman–Crippen MR) is 67.4 cm³/mol. The maximum Gasteiger partial charge on any atom is 0.320 e. The van der Waals surface area contributed by atoms with Gasteiger partial charge in [0.15, 0.2) is 6.29 Å². The summed E-state index contributed by atoms with van der Waals surface area (Å²) in [6.45, 7) is 5.98. The minimum Gasteiger partial charge on any atom is -0.480 e. The molecule has 5 nitrogen and oxygen atoms in total. The molecule has 0 aromatic carbocycles. The van der Waals surface area contributed by atoms with Crippen molar-refractivity contribution in [3.8, 4) is 0 Å². The van der Waals surface area contributed by atoms with E-state index in [0.717, 1.165) is 19.3 Å². The van der Waals surface area contributed by atoms with Gasteiger partial charge in [-0.2, -0.15) is 0 Å². The molecule has 0 aliphatic carbocycles.